The molecule has 14 heteroatoms. The number of nitrogens with zero attached hydrogens (tertiary/aromatic N) is 2. The Bertz CT molecular complexity index is 1680. The maximum atomic E-state index is 13.2. The molecule has 0 aliphatic carbocycles. The average Bonchev–Trinajstić information content (AvgIpc) is 3.30. The second kappa shape index (κ2) is 13.3. The first kappa shape index (κ1) is 32.2. The van der Waals surface area contributed by atoms with E-state index >= 15 is 0 Å². The molecule has 0 radical (unpaired) electrons. The number of ether oxygens (including phenoxy) is 1. The zero-order valence-corrected chi connectivity index (χ0v) is 24.5. The molecule has 2 N–H and O–H groups in total. The van der Waals surface area contributed by atoms with Gasteiger partial charge in [0.05, 0.1) is 35.5 Å². The van der Waals surface area contributed by atoms with Crippen molar-refractivity contribution in [1.29, 1.82) is 0 Å². The average molecular weight is 631 g/mol. The van der Waals surface area contributed by atoms with Crippen molar-refractivity contribution in [1.82, 2.24) is 5.32 Å². The molecule has 0 aromatic heterocycles. The van der Waals surface area contributed by atoms with Crippen LogP contribution in [0.25, 0.3) is 0 Å². The number of anilines is 2. The number of sulfonamides is 1. The van der Waals surface area contributed by atoms with E-state index in [1.165, 1.54) is 12.1 Å². The number of alkyl halides is 3. The van der Waals surface area contributed by atoms with Crippen molar-refractivity contribution in [3.05, 3.63) is 89.5 Å². The largest absolute Gasteiger partial charge is 0.471 e. The molecular weight excluding hydrogens is 601 g/mol. The van der Waals surface area contributed by atoms with Gasteiger partial charge in [0, 0.05) is 18.8 Å². The summed E-state index contributed by atoms with van der Waals surface area (Å²) in [5.74, 6) is -3.78. The standard InChI is InChI=1S/C30H29F3N4O6S/c1-3-43-28(39)20-10-15-23-24(18-20)36-27(38)25(23)26(19-8-5-4-6-9-19)35-21-11-13-22(14-12-21)37(44(2,41)42)17-7-16-34-29(40)30(31,32)33/h4-6,8-15,18,25H,3,7,16-17H2,1-2H3,(H,34,40)(H,36,38). The lowest BCUT2D eigenvalue weighted by molar-refractivity contribution is -0.173. The molecule has 0 saturated heterocycles. The number of hydrogen-bond acceptors (Lipinski definition) is 7. The fourth-order valence-corrected chi connectivity index (χ4v) is 5.59. The van der Waals surface area contributed by atoms with Crippen LogP contribution < -0.4 is 14.9 Å². The van der Waals surface area contributed by atoms with E-state index in [0.717, 1.165) is 10.6 Å². The highest BCUT2D eigenvalue weighted by molar-refractivity contribution is 7.92. The lowest BCUT2D eigenvalue weighted by Crippen LogP contribution is -2.39. The first-order valence-corrected chi connectivity index (χ1v) is 15.3. The van der Waals surface area contributed by atoms with Crippen LogP contribution in [0.15, 0.2) is 77.8 Å². The molecule has 0 bridgehead atoms. The number of aliphatic imine (C=N–C) groups is 1. The summed E-state index contributed by atoms with van der Waals surface area (Å²) >= 11 is 0. The summed E-state index contributed by atoms with van der Waals surface area (Å²) in [4.78, 5) is 41.3. The molecule has 3 aromatic carbocycles. The number of rotatable bonds is 11. The Hall–Kier alpha value is -4.72. The van der Waals surface area contributed by atoms with Crippen LogP contribution in [0.4, 0.5) is 30.2 Å². The van der Waals surface area contributed by atoms with Gasteiger partial charge < -0.3 is 15.4 Å². The molecule has 232 valence electrons. The number of fused-ring (bicyclic) bond motifs is 1. The SMILES string of the molecule is CCOC(=O)c1ccc2c(c1)NC(=O)C2C(=Nc1ccc(N(CCCNC(=O)C(F)(F)F)S(C)(=O)=O)cc1)c1ccccc1. The van der Waals surface area contributed by atoms with Gasteiger partial charge >= 0.3 is 18.1 Å². The van der Waals surface area contributed by atoms with Crippen molar-refractivity contribution >= 4 is 50.6 Å². The predicted molar refractivity (Wildman–Crippen MR) is 159 cm³/mol. The fourth-order valence-electron chi connectivity index (χ4n) is 4.62. The first-order chi connectivity index (χ1) is 20.8. The van der Waals surface area contributed by atoms with Gasteiger partial charge in [-0.05, 0) is 60.9 Å². The van der Waals surface area contributed by atoms with Gasteiger partial charge in [-0.2, -0.15) is 13.2 Å². The second-order valence-electron chi connectivity index (χ2n) is 9.77. The quantitative estimate of drug-likeness (QED) is 0.181. The van der Waals surface area contributed by atoms with Crippen molar-refractivity contribution in [2.45, 2.75) is 25.4 Å². The van der Waals surface area contributed by atoms with Gasteiger partial charge in [0.2, 0.25) is 15.9 Å². The van der Waals surface area contributed by atoms with Crippen LogP contribution in [0.3, 0.4) is 0 Å². The number of amides is 2. The van der Waals surface area contributed by atoms with Crippen molar-refractivity contribution in [2.75, 3.05) is 35.6 Å². The third-order valence-electron chi connectivity index (χ3n) is 6.61. The normalized spacial score (nSPS) is 14.9. The van der Waals surface area contributed by atoms with Crippen LogP contribution in [-0.4, -0.2) is 64.0 Å². The van der Waals surface area contributed by atoms with Gasteiger partial charge in [0.1, 0.15) is 5.92 Å². The van der Waals surface area contributed by atoms with Crippen LogP contribution in [0, 0.1) is 0 Å². The highest BCUT2D eigenvalue weighted by atomic mass is 32.2. The molecule has 1 aliphatic rings. The smallest absolute Gasteiger partial charge is 0.462 e. The van der Waals surface area contributed by atoms with E-state index in [4.69, 9.17) is 9.73 Å². The molecule has 3 aromatic rings. The van der Waals surface area contributed by atoms with Crippen molar-refractivity contribution in [3.8, 4) is 0 Å². The van der Waals surface area contributed by atoms with E-state index < -0.39 is 34.0 Å². The van der Waals surface area contributed by atoms with Crippen LogP contribution in [0.1, 0.15) is 40.7 Å². The monoisotopic (exact) mass is 630 g/mol. The van der Waals surface area contributed by atoms with E-state index in [-0.39, 0.29) is 37.7 Å². The molecular formula is C30H29F3N4O6S. The van der Waals surface area contributed by atoms with Crippen molar-refractivity contribution < 1.29 is 40.7 Å². The topological polar surface area (TPSA) is 134 Å². The van der Waals surface area contributed by atoms with Crippen LogP contribution >= 0.6 is 0 Å². The van der Waals surface area contributed by atoms with Gasteiger partial charge in [-0.25, -0.2) is 13.2 Å². The molecule has 4 rings (SSSR count). The summed E-state index contributed by atoms with van der Waals surface area (Å²) in [7, 11) is -3.82. The summed E-state index contributed by atoms with van der Waals surface area (Å²) in [6.45, 7) is 1.35. The molecule has 0 spiro atoms. The summed E-state index contributed by atoms with van der Waals surface area (Å²) < 4.78 is 68.2. The van der Waals surface area contributed by atoms with Crippen molar-refractivity contribution in [3.63, 3.8) is 0 Å². The molecule has 1 heterocycles. The third-order valence-corrected chi connectivity index (χ3v) is 7.80. The Balaban J connectivity index is 1.62. The number of halogens is 3. The molecule has 2 amide bonds. The summed E-state index contributed by atoms with van der Waals surface area (Å²) in [5.41, 5.74) is 3.09. The minimum absolute atomic E-state index is 0.0684. The van der Waals surface area contributed by atoms with Crippen LogP contribution in [-0.2, 0) is 24.3 Å². The van der Waals surface area contributed by atoms with Crippen molar-refractivity contribution in [2.24, 2.45) is 4.99 Å². The first-order valence-electron chi connectivity index (χ1n) is 13.5. The second-order valence-corrected chi connectivity index (χ2v) is 11.7. The number of hydrogen-bond donors (Lipinski definition) is 2. The Morgan fingerprint density at radius 2 is 1.70 bits per heavy atom. The molecule has 1 aliphatic heterocycles. The van der Waals surface area contributed by atoms with Gasteiger partial charge in [-0.3, -0.25) is 18.9 Å². The minimum Gasteiger partial charge on any atom is -0.462 e. The maximum Gasteiger partial charge on any atom is 0.471 e. The zero-order chi connectivity index (χ0) is 32.1. The molecule has 0 saturated carbocycles. The number of esters is 1. The Morgan fingerprint density at radius 1 is 1.02 bits per heavy atom. The highest BCUT2D eigenvalue weighted by Gasteiger charge is 2.38. The minimum atomic E-state index is -5.03. The summed E-state index contributed by atoms with van der Waals surface area (Å²) in [6, 6.07) is 19.9. The van der Waals surface area contributed by atoms with Crippen LogP contribution in [0.2, 0.25) is 0 Å². The summed E-state index contributed by atoms with van der Waals surface area (Å²) in [6.07, 6.45) is -4.14. The Morgan fingerprint density at radius 3 is 2.32 bits per heavy atom. The van der Waals surface area contributed by atoms with E-state index in [1.54, 1.807) is 66.8 Å². The van der Waals surface area contributed by atoms with E-state index in [0.29, 0.717) is 33.8 Å². The van der Waals surface area contributed by atoms with E-state index in [1.807, 2.05) is 6.07 Å². The lowest BCUT2D eigenvalue weighted by atomic mass is 9.90. The predicted octanol–water partition coefficient (Wildman–Crippen LogP) is 4.55. The van der Waals surface area contributed by atoms with Gasteiger partial charge in [-0.1, -0.05) is 36.4 Å². The van der Waals surface area contributed by atoms with E-state index in [9.17, 15) is 36.0 Å². The number of benzene rings is 3. The Labute approximate surface area is 252 Å². The van der Waals surface area contributed by atoms with Gasteiger partial charge in [0.25, 0.3) is 0 Å². The molecule has 0 fully saturated rings. The number of carbonyl (C=O) groups excluding carboxylic acids is 3. The maximum absolute atomic E-state index is 13.2. The fraction of sp³-hybridized carbons (Fsp3) is 0.267. The van der Waals surface area contributed by atoms with Gasteiger partial charge in [-0.15, -0.1) is 0 Å². The molecule has 1 unspecified atom stereocenters. The molecule has 44 heavy (non-hydrogen) atoms. The van der Waals surface area contributed by atoms with Crippen LogP contribution in [0.5, 0.6) is 0 Å². The highest BCUT2D eigenvalue weighted by Crippen LogP contribution is 2.37. The number of carbonyl (C=O) groups is 3. The summed E-state index contributed by atoms with van der Waals surface area (Å²) in [5, 5.41) is 4.53. The molecule has 10 nitrogen and oxygen atoms in total. The zero-order valence-electron chi connectivity index (χ0n) is 23.7. The van der Waals surface area contributed by atoms with Gasteiger partial charge in [0.15, 0.2) is 0 Å². The third kappa shape index (κ3) is 7.61. The molecule has 1 atom stereocenters. The lowest BCUT2D eigenvalue weighted by Gasteiger charge is -2.22. The number of nitrogens with one attached hydrogen (secondary N) is 2. The Kier molecular flexibility index (Phi) is 9.72. The van der Waals surface area contributed by atoms with E-state index in [2.05, 4.69) is 5.32 Å².